The number of hydrogen-bond acceptors (Lipinski definition) is 4. The fraction of sp³-hybridized carbons (Fsp3) is 0.333. The van der Waals surface area contributed by atoms with E-state index in [-0.39, 0.29) is 28.7 Å². The van der Waals surface area contributed by atoms with E-state index in [1.54, 1.807) is 13.8 Å². The molecule has 0 heterocycles. The van der Waals surface area contributed by atoms with Crippen LogP contribution in [0.4, 0.5) is 0 Å². The lowest BCUT2D eigenvalue weighted by Crippen LogP contribution is -2.12. The summed E-state index contributed by atoms with van der Waals surface area (Å²) in [7, 11) is 1.27. The highest BCUT2D eigenvalue weighted by molar-refractivity contribution is 5.97. The quantitative estimate of drug-likeness (QED) is 0.833. The third-order valence-corrected chi connectivity index (χ3v) is 2.13. The van der Waals surface area contributed by atoms with Crippen LogP contribution in [0.5, 0.6) is 11.5 Å². The van der Waals surface area contributed by atoms with Crippen molar-refractivity contribution in [1.29, 1.82) is 0 Å². The van der Waals surface area contributed by atoms with Gasteiger partial charge in [-0.3, -0.25) is 0 Å². The summed E-state index contributed by atoms with van der Waals surface area (Å²) in [6, 6.07) is 2.30. The fourth-order valence-corrected chi connectivity index (χ4v) is 1.41. The minimum Gasteiger partial charge on any atom is -0.496 e. The molecule has 0 amide bonds. The van der Waals surface area contributed by atoms with E-state index < -0.39 is 11.9 Å². The molecule has 0 saturated carbocycles. The first-order valence-electron chi connectivity index (χ1n) is 5.22. The molecule has 0 unspecified atom stereocenters. The minimum absolute atomic E-state index is 0.00991. The van der Waals surface area contributed by atoms with Crippen LogP contribution in [0.3, 0.4) is 0 Å². The minimum atomic E-state index is -1.21. The second kappa shape index (κ2) is 5.39. The van der Waals surface area contributed by atoms with Crippen LogP contribution >= 0.6 is 0 Å². The van der Waals surface area contributed by atoms with Crippen LogP contribution in [0.15, 0.2) is 12.1 Å². The predicted octanol–water partition coefficient (Wildman–Crippen LogP) is 1.88. The lowest BCUT2D eigenvalue weighted by atomic mass is 10.1. The standard InChI is InChI=1S/C12H14O6/c1-6(2)18-10-5-7(11(13)14)9(17-3)4-8(10)12(15)16/h4-6H,1-3H3,(H,13,14)(H,15,16). The van der Waals surface area contributed by atoms with E-state index in [0.29, 0.717) is 0 Å². The molecular formula is C12H14O6. The van der Waals surface area contributed by atoms with Gasteiger partial charge in [0.15, 0.2) is 0 Å². The largest absolute Gasteiger partial charge is 0.496 e. The molecule has 1 aromatic rings. The Morgan fingerprint density at radius 1 is 1.06 bits per heavy atom. The van der Waals surface area contributed by atoms with Crippen molar-refractivity contribution in [2.45, 2.75) is 20.0 Å². The Bertz CT molecular complexity index is 478. The van der Waals surface area contributed by atoms with Gasteiger partial charge in [-0.05, 0) is 26.0 Å². The predicted molar refractivity (Wildman–Crippen MR) is 62.7 cm³/mol. The summed E-state index contributed by atoms with van der Waals surface area (Å²) in [5.41, 5.74) is -0.274. The molecule has 6 nitrogen and oxygen atoms in total. The van der Waals surface area contributed by atoms with Gasteiger partial charge in [0.1, 0.15) is 22.6 Å². The molecule has 0 aliphatic heterocycles. The van der Waals surface area contributed by atoms with Crippen molar-refractivity contribution in [3.05, 3.63) is 23.3 Å². The lowest BCUT2D eigenvalue weighted by molar-refractivity contribution is 0.0672. The van der Waals surface area contributed by atoms with Gasteiger partial charge in [0, 0.05) is 0 Å². The third-order valence-electron chi connectivity index (χ3n) is 2.13. The molecule has 6 heteroatoms. The van der Waals surface area contributed by atoms with E-state index >= 15 is 0 Å². The van der Waals surface area contributed by atoms with Crippen LogP contribution in [0.25, 0.3) is 0 Å². The van der Waals surface area contributed by atoms with Crippen molar-refractivity contribution < 1.29 is 29.3 Å². The molecular weight excluding hydrogens is 240 g/mol. The molecule has 18 heavy (non-hydrogen) atoms. The Balaban J connectivity index is 3.42. The Morgan fingerprint density at radius 2 is 1.50 bits per heavy atom. The molecule has 0 fully saturated rings. The van der Waals surface area contributed by atoms with E-state index in [1.165, 1.54) is 7.11 Å². The van der Waals surface area contributed by atoms with Crippen molar-refractivity contribution >= 4 is 11.9 Å². The van der Waals surface area contributed by atoms with Gasteiger partial charge in [0.05, 0.1) is 13.2 Å². The first-order valence-corrected chi connectivity index (χ1v) is 5.22. The van der Waals surface area contributed by atoms with E-state index in [9.17, 15) is 9.59 Å². The van der Waals surface area contributed by atoms with Crippen LogP contribution in [0, 0.1) is 0 Å². The summed E-state index contributed by atoms with van der Waals surface area (Å²) in [6.07, 6.45) is -0.266. The molecule has 0 saturated heterocycles. The molecule has 1 rings (SSSR count). The third kappa shape index (κ3) is 2.91. The topological polar surface area (TPSA) is 93.1 Å². The summed E-state index contributed by atoms with van der Waals surface area (Å²) < 4.78 is 10.2. The molecule has 1 aromatic carbocycles. The van der Waals surface area contributed by atoms with Crippen molar-refractivity contribution in [3.8, 4) is 11.5 Å². The molecule has 0 bridgehead atoms. The van der Waals surface area contributed by atoms with E-state index in [2.05, 4.69) is 0 Å². The average Bonchev–Trinajstić information content (AvgIpc) is 2.27. The number of carboxylic acids is 2. The summed E-state index contributed by atoms with van der Waals surface area (Å²) in [5, 5.41) is 18.0. The zero-order chi connectivity index (χ0) is 13.9. The van der Waals surface area contributed by atoms with Crippen molar-refractivity contribution in [3.63, 3.8) is 0 Å². The summed E-state index contributed by atoms with van der Waals surface area (Å²) in [4.78, 5) is 22.1. The van der Waals surface area contributed by atoms with Crippen molar-refractivity contribution in [2.75, 3.05) is 7.11 Å². The molecule has 0 aliphatic carbocycles. The number of benzene rings is 1. The summed E-state index contributed by atoms with van der Waals surface area (Å²) in [5.74, 6) is -2.43. The lowest BCUT2D eigenvalue weighted by Gasteiger charge is -2.14. The maximum absolute atomic E-state index is 11.1. The number of methoxy groups -OCH3 is 1. The van der Waals surface area contributed by atoms with E-state index in [4.69, 9.17) is 19.7 Å². The number of rotatable bonds is 5. The second-order valence-electron chi connectivity index (χ2n) is 3.83. The van der Waals surface area contributed by atoms with Crippen LogP contribution in [0.1, 0.15) is 34.6 Å². The number of aromatic carboxylic acids is 2. The second-order valence-corrected chi connectivity index (χ2v) is 3.83. The zero-order valence-electron chi connectivity index (χ0n) is 10.3. The molecule has 98 valence electrons. The van der Waals surface area contributed by atoms with Gasteiger partial charge in [-0.1, -0.05) is 0 Å². The van der Waals surface area contributed by atoms with Crippen LogP contribution in [-0.2, 0) is 0 Å². The molecule has 0 spiro atoms. The number of carboxylic acid groups (broad SMARTS) is 2. The van der Waals surface area contributed by atoms with E-state index in [0.717, 1.165) is 12.1 Å². The fourth-order valence-electron chi connectivity index (χ4n) is 1.41. The van der Waals surface area contributed by atoms with Gasteiger partial charge in [0.25, 0.3) is 0 Å². The van der Waals surface area contributed by atoms with E-state index in [1.807, 2.05) is 0 Å². The molecule has 2 N–H and O–H groups in total. The SMILES string of the molecule is COc1cc(C(=O)O)c(OC(C)C)cc1C(=O)O. The van der Waals surface area contributed by atoms with Gasteiger partial charge in [-0.2, -0.15) is 0 Å². The first-order chi connectivity index (χ1) is 8.36. The number of hydrogen-bond donors (Lipinski definition) is 2. The molecule has 0 aromatic heterocycles. The number of ether oxygens (including phenoxy) is 2. The highest BCUT2D eigenvalue weighted by Crippen LogP contribution is 2.29. The number of carbonyl (C=O) groups is 2. The maximum atomic E-state index is 11.1. The highest BCUT2D eigenvalue weighted by atomic mass is 16.5. The van der Waals surface area contributed by atoms with Gasteiger partial charge < -0.3 is 19.7 Å². The van der Waals surface area contributed by atoms with Gasteiger partial charge in [-0.15, -0.1) is 0 Å². The van der Waals surface area contributed by atoms with Gasteiger partial charge >= 0.3 is 11.9 Å². The zero-order valence-corrected chi connectivity index (χ0v) is 10.3. The highest BCUT2D eigenvalue weighted by Gasteiger charge is 2.20. The molecule has 0 radical (unpaired) electrons. The van der Waals surface area contributed by atoms with Crippen molar-refractivity contribution in [2.24, 2.45) is 0 Å². The summed E-state index contributed by atoms with van der Waals surface area (Å²) >= 11 is 0. The average molecular weight is 254 g/mol. The smallest absolute Gasteiger partial charge is 0.339 e. The monoisotopic (exact) mass is 254 g/mol. The Hall–Kier alpha value is -2.24. The summed E-state index contributed by atoms with van der Waals surface area (Å²) in [6.45, 7) is 3.44. The van der Waals surface area contributed by atoms with Crippen molar-refractivity contribution in [1.82, 2.24) is 0 Å². The Kier molecular flexibility index (Phi) is 4.14. The Labute approximate surface area is 104 Å². The van der Waals surface area contributed by atoms with Crippen LogP contribution < -0.4 is 9.47 Å². The van der Waals surface area contributed by atoms with Crippen LogP contribution in [-0.4, -0.2) is 35.4 Å². The van der Waals surface area contributed by atoms with Gasteiger partial charge in [-0.25, -0.2) is 9.59 Å². The normalized spacial score (nSPS) is 10.2. The van der Waals surface area contributed by atoms with Crippen LogP contribution in [0.2, 0.25) is 0 Å². The Morgan fingerprint density at radius 3 is 1.89 bits per heavy atom. The molecule has 0 atom stereocenters. The first kappa shape index (κ1) is 13.8. The maximum Gasteiger partial charge on any atom is 0.339 e. The molecule has 0 aliphatic rings. The van der Waals surface area contributed by atoms with Gasteiger partial charge in [0.2, 0.25) is 0 Å².